The van der Waals surface area contributed by atoms with Crippen LogP contribution in [0.2, 0.25) is 0 Å². The Hall–Kier alpha value is -3.31. The third kappa shape index (κ3) is 5.25. The Labute approximate surface area is 178 Å². The summed E-state index contributed by atoms with van der Waals surface area (Å²) in [6, 6.07) is 12.0. The second kappa shape index (κ2) is 8.82. The first-order valence-electron chi connectivity index (χ1n) is 9.28. The molecule has 1 heterocycles. The third-order valence-electron chi connectivity index (χ3n) is 4.41. The molecule has 2 aromatic carbocycles. The molecule has 4 N–H and O–H groups in total. The fourth-order valence-corrected chi connectivity index (χ4v) is 3.49. The van der Waals surface area contributed by atoms with E-state index in [9.17, 15) is 17.6 Å². The number of carbonyl (C=O) groups is 1. The maximum Gasteiger partial charge on any atom is 0.261 e. The first kappa shape index (κ1) is 22.4. The lowest BCUT2D eigenvalue weighted by molar-refractivity contribution is -0.124. The summed E-state index contributed by atoms with van der Waals surface area (Å²) in [7, 11) is -3.85. The molecule has 164 valence electrons. The monoisotopic (exact) mass is 447 g/mol. The van der Waals surface area contributed by atoms with E-state index in [1.54, 1.807) is 12.1 Å². The van der Waals surface area contributed by atoms with Crippen molar-refractivity contribution in [2.75, 3.05) is 16.7 Å². The minimum absolute atomic E-state index is 0.0425. The lowest BCUT2D eigenvalue weighted by Crippen LogP contribution is -2.32. The maximum absolute atomic E-state index is 12.9. The van der Waals surface area contributed by atoms with Crippen LogP contribution in [0.15, 0.2) is 57.9 Å². The van der Waals surface area contributed by atoms with Crippen LogP contribution in [0.4, 0.5) is 15.8 Å². The summed E-state index contributed by atoms with van der Waals surface area (Å²) < 4.78 is 45.6. The minimum atomic E-state index is -3.85. The van der Waals surface area contributed by atoms with E-state index < -0.39 is 28.0 Å². The molecular weight excluding hydrogens is 425 g/mol. The Balaban J connectivity index is 1.69. The maximum atomic E-state index is 12.9. The van der Waals surface area contributed by atoms with Crippen LogP contribution in [-0.4, -0.2) is 31.1 Å². The Bertz CT molecular complexity index is 1160. The highest BCUT2D eigenvalue weighted by molar-refractivity contribution is 7.92. The van der Waals surface area contributed by atoms with Crippen molar-refractivity contribution in [3.05, 3.63) is 54.4 Å². The van der Waals surface area contributed by atoms with Crippen LogP contribution < -0.4 is 15.8 Å². The number of amides is 1. The van der Waals surface area contributed by atoms with Gasteiger partial charge in [-0.1, -0.05) is 5.16 Å². The molecule has 0 saturated heterocycles. The first-order chi connectivity index (χ1) is 14.6. The molecule has 3 rings (SSSR count). The number of halogens is 1. The average molecular weight is 447 g/mol. The zero-order valence-corrected chi connectivity index (χ0v) is 17.7. The summed E-state index contributed by atoms with van der Waals surface area (Å²) in [5.74, 6) is 0.121. The summed E-state index contributed by atoms with van der Waals surface area (Å²) in [4.78, 5) is 16.2. The highest BCUT2D eigenvalue weighted by atomic mass is 32.2. The van der Waals surface area contributed by atoms with Gasteiger partial charge in [0.15, 0.2) is 0 Å². The van der Waals surface area contributed by atoms with Gasteiger partial charge < -0.3 is 15.6 Å². The fourth-order valence-electron chi connectivity index (χ4n) is 2.43. The highest BCUT2D eigenvalue weighted by Gasteiger charge is 2.27. The van der Waals surface area contributed by atoms with Crippen LogP contribution in [0.5, 0.6) is 0 Å². The minimum Gasteiger partial charge on any atom is -0.338 e. The van der Waals surface area contributed by atoms with Gasteiger partial charge in [-0.05, 0) is 62.4 Å². The Morgan fingerprint density at radius 1 is 1.10 bits per heavy atom. The number of carbonyl (C=O) groups excluding carboxylic acids is 1. The molecule has 0 saturated carbocycles. The molecule has 0 aliphatic rings. The van der Waals surface area contributed by atoms with Crippen LogP contribution in [0.25, 0.3) is 11.4 Å². The lowest BCUT2D eigenvalue weighted by atomic mass is 9.94. The van der Waals surface area contributed by atoms with Gasteiger partial charge in [-0.2, -0.15) is 4.98 Å². The van der Waals surface area contributed by atoms with Crippen molar-refractivity contribution < 1.29 is 22.1 Å². The molecule has 9 nitrogen and oxygen atoms in total. The van der Waals surface area contributed by atoms with Crippen LogP contribution in [-0.2, 0) is 21.4 Å². The van der Waals surface area contributed by atoms with Crippen molar-refractivity contribution in [1.29, 1.82) is 0 Å². The number of benzene rings is 2. The second-order valence-electron chi connectivity index (χ2n) is 7.39. The van der Waals surface area contributed by atoms with Gasteiger partial charge in [0.25, 0.3) is 10.0 Å². The predicted octanol–water partition coefficient (Wildman–Crippen LogP) is 2.93. The summed E-state index contributed by atoms with van der Waals surface area (Å²) >= 11 is 0. The van der Waals surface area contributed by atoms with E-state index in [0.29, 0.717) is 22.8 Å². The lowest BCUT2D eigenvalue weighted by Gasteiger charge is -2.19. The summed E-state index contributed by atoms with van der Waals surface area (Å²) in [6.45, 7) is 2.30. The molecule has 3 aromatic rings. The van der Waals surface area contributed by atoms with Gasteiger partial charge in [-0.25, -0.2) is 12.8 Å². The molecule has 0 atom stereocenters. The fraction of sp³-hybridized carbons (Fsp3) is 0.250. The summed E-state index contributed by atoms with van der Waals surface area (Å²) in [5.41, 5.74) is 5.59. The zero-order valence-electron chi connectivity index (χ0n) is 16.9. The first-order valence-corrected chi connectivity index (χ1v) is 10.8. The van der Waals surface area contributed by atoms with E-state index in [0.717, 1.165) is 0 Å². The van der Waals surface area contributed by atoms with Gasteiger partial charge in [-0.15, -0.1) is 0 Å². The molecule has 1 amide bonds. The van der Waals surface area contributed by atoms with Gasteiger partial charge in [0, 0.05) is 16.9 Å². The average Bonchev–Trinajstić information content (AvgIpc) is 3.24. The molecule has 1 aromatic heterocycles. The van der Waals surface area contributed by atoms with Gasteiger partial charge >= 0.3 is 0 Å². The van der Waals surface area contributed by atoms with Crippen LogP contribution in [0.1, 0.15) is 19.7 Å². The zero-order chi connectivity index (χ0) is 22.6. The summed E-state index contributed by atoms with van der Waals surface area (Å²) in [5, 5.41) is 6.38. The van der Waals surface area contributed by atoms with Gasteiger partial charge in [0.2, 0.25) is 17.6 Å². The second-order valence-corrected chi connectivity index (χ2v) is 9.08. The predicted molar refractivity (Wildman–Crippen MR) is 113 cm³/mol. The quantitative estimate of drug-likeness (QED) is 0.482. The SMILES string of the molecule is CC(C)(CF)C(=O)Nc1ccc(NS(=O)(=O)c2ccc(-c3noc(CN)n3)cc2)cc1. The number of anilines is 2. The molecule has 0 unspecified atom stereocenters. The van der Waals surface area contributed by atoms with E-state index in [-0.39, 0.29) is 17.3 Å². The van der Waals surface area contributed by atoms with Crippen LogP contribution >= 0.6 is 0 Å². The number of nitrogens with zero attached hydrogens (tertiary/aromatic N) is 2. The molecule has 0 aliphatic carbocycles. The molecule has 31 heavy (non-hydrogen) atoms. The van der Waals surface area contributed by atoms with Crippen molar-refractivity contribution in [2.45, 2.75) is 25.3 Å². The largest absolute Gasteiger partial charge is 0.338 e. The number of nitrogens with two attached hydrogens (primary N) is 1. The third-order valence-corrected chi connectivity index (χ3v) is 5.81. The molecule has 0 bridgehead atoms. The van der Waals surface area contributed by atoms with Crippen molar-refractivity contribution in [3.8, 4) is 11.4 Å². The molecule has 0 spiro atoms. The normalized spacial score (nSPS) is 11.9. The van der Waals surface area contributed by atoms with Gasteiger partial charge in [-0.3, -0.25) is 9.52 Å². The van der Waals surface area contributed by atoms with E-state index in [4.69, 9.17) is 10.3 Å². The molecule has 11 heteroatoms. The molecular formula is C20H22FN5O4S. The number of alkyl halides is 1. The Morgan fingerprint density at radius 3 is 2.26 bits per heavy atom. The van der Waals surface area contributed by atoms with Crippen molar-refractivity contribution >= 4 is 27.3 Å². The van der Waals surface area contributed by atoms with E-state index in [1.807, 2.05) is 0 Å². The highest BCUT2D eigenvalue weighted by Crippen LogP contribution is 2.23. The van der Waals surface area contributed by atoms with E-state index >= 15 is 0 Å². The molecule has 0 radical (unpaired) electrons. The van der Waals surface area contributed by atoms with Crippen LogP contribution in [0, 0.1) is 5.41 Å². The smallest absolute Gasteiger partial charge is 0.261 e. The number of sulfonamides is 1. The van der Waals surface area contributed by atoms with Crippen LogP contribution in [0.3, 0.4) is 0 Å². The van der Waals surface area contributed by atoms with Gasteiger partial charge in [0.1, 0.15) is 6.67 Å². The summed E-state index contributed by atoms with van der Waals surface area (Å²) in [6.07, 6.45) is 0. The topological polar surface area (TPSA) is 140 Å². The van der Waals surface area contributed by atoms with Crippen molar-refractivity contribution in [3.63, 3.8) is 0 Å². The number of hydrogen-bond acceptors (Lipinski definition) is 7. The standard InChI is InChI=1S/C20H22FN5O4S/c1-20(2,12-21)19(27)23-14-5-7-15(8-6-14)26-31(28,29)16-9-3-13(4-10-16)18-24-17(11-22)30-25-18/h3-10,26H,11-12,22H2,1-2H3,(H,23,27). The van der Waals surface area contributed by atoms with Crippen molar-refractivity contribution in [2.24, 2.45) is 11.1 Å². The molecule has 0 aliphatic heterocycles. The number of hydrogen-bond donors (Lipinski definition) is 3. The Morgan fingerprint density at radius 2 is 1.71 bits per heavy atom. The van der Waals surface area contributed by atoms with E-state index in [2.05, 4.69) is 20.2 Å². The number of aromatic nitrogens is 2. The number of nitrogens with one attached hydrogen (secondary N) is 2. The molecule has 0 fully saturated rings. The van der Waals surface area contributed by atoms with E-state index in [1.165, 1.54) is 50.2 Å². The Kier molecular flexibility index (Phi) is 6.37. The van der Waals surface area contributed by atoms with Gasteiger partial charge in [0.05, 0.1) is 16.9 Å². The number of rotatable bonds is 8. The van der Waals surface area contributed by atoms with Crippen molar-refractivity contribution in [1.82, 2.24) is 10.1 Å².